The molecular formula is C22H24N4O3. The van der Waals surface area contributed by atoms with Gasteiger partial charge in [-0.1, -0.05) is 44.2 Å². The highest BCUT2D eigenvalue weighted by molar-refractivity contribution is 5.96. The number of anilines is 1. The summed E-state index contributed by atoms with van der Waals surface area (Å²) in [6.07, 6.45) is 4.62. The van der Waals surface area contributed by atoms with Crippen molar-refractivity contribution in [3.8, 4) is 5.69 Å². The van der Waals surface area contributed by atoms with E-state index in [-0.39, 0.29) is 18.4 Å². The zero-order chi connectivity index (χ0) is 20.6. The van der Waals surface area contributed by atoms with Crippen LogP contribution in [0.5, 0.6) is 0 Å². The normalized spacial score (nSPS) is 11.7. The van der Waals surface area contributed by atoms with Crippen molar-refractivity contribution in [3.05, 3.63) is 78.9 Å². The maximum atomic E-state index is 12.7. The standard InChI is InChI=1S/C22H24N4O3/c1-16(2)20(25-22(28)29-14-17-6-4-3-5-7-17)21(27)24-18-8-10-19(11-9-18)26-13-12-23-15-26/h3-13,15-16,20H,14H2,1-2H3,(H,24,27)(H,25,28)/t20-/m0/s1. The zero-order valence-corrected chi connectivity index (χ0v) is 16.4. The van der Waals surface area contributed by atoms with E-state index in [4.69, 9.17) is 4.74 Å². The summed E-state index contributed by atoms with van der Waals surface area (Å²) in [6.45, 7) is 3.88. The van der Waals surface area contributed by atoms with Crippen LogP contribution < -0.4 is 10.6 Å². The second-order valence-electron chi connectivity index (χ2n) is 6.93. The van der Waals surface area contributed by atoms with Crippen LogP contribution in [-0.2, 0) is 16.1 Å². The fourth-order valence-electron chi connectivity index (χ4n) is 2.78. The van der Waals surface area contributed by atoms with Crippen molar-refractivity contribution in [3.63, 3.8) is 0 Å². The minimum absolute atomic E-state index is 0.107. The van der Waals surface area contributed by atoms with Crippen LogP contribution in [0, 0.1) is 5.92 Å². The number of hydrogen-bond acceptors (Lipinski definition) is 4. The molecule has 2 N–H and O–H groups in total. The van der Waals surface area contributed by atoms with Gasteiger partial charge in [-0.05, 0) is 35.7 Å². The quantitative estimate of drug-likeness (QED) is 0.641. The van der Waals surface area contributed by atoms with Crippen LogP contribution in [0.1, 0.15) is 19.4 Å². The molecule has 1 atom stereocenters. The molecule has 1 aromatic heterocycles. The third-order valence-corrected chi connectivity index (χ3v) is 4.37. The average Bonchev–Trinajstić information content (AvgIpc) is 3.26. The van der Waals surface area contributed by atoms with Crippen LogP contribution in [0.15, 0.2) is 73.3 Å². The number of hydrogen-bond donors (Lipinski definition) is 2. The smallest absolute Gasteiger partial charge is 0.408 e. The third-order valence-electron chi connectivity index (χ3n) is 4.37. The minimum atomic E-state index is -0.716. The van der Waals surface area contributed by atoms with E-state index >= 15 is 0 Å². The molecule has 0 saturated carbocycles. The lowest BCUT2D eigenvalue weighted by Crippen LogP contribution is -2.47. The molecule has 7 nitrogen and oxygen atoms in total. The minimum Gasteiger partial charge on any atom is -0.445 e. The van der Waals surface area contributed by atoms with E-state index in [2.05, 4.69) is 15.6 Å². The number of carbonyl (C=O) groups excluding carboxylic acids is 2. The lowest BCUT2D eigenvalue weighted by Gasteiger charge is -2.21. The Kier molecular flexibility index (Phi) is 6.63. The number of imidazole rings is 1. The molecule has 0 bridgehead atoms. The molecule has 0 spiro atoms. The molecule has 0 aliphatic heterocycles. The highest BCUT2D eigenvalue weighted by Crippen LogP contribution is 2.14. The van der Waals surface area contributed by atoms with E-state index in [9.17, 15) is 9.59 Å². The molecule has 1 heterocycles. The van der Waals surface area contributed by atoms with Gasteiger partial charge in [0.25, 0.3) is 0 Å². The van der Waals surface area contributed by atoms with Crippen molar-refractivity contribution in [1.29, 1.82) is 0 Å². The average molecular weight is 392 g/mol. The van der Waals surface area contributed by atoms with E-state index in [1.54, 1.807) is 24.7 Å². The number of ether oxygens (including phenoxy) is 1. The Hall–Kier alpha value is -3.61. The highest BCUT2D eigenvalue weighted by atomic mass is 16.5. The predicted molar refractivity (Wildman–Crippen MR) is 111 cm³/mol. The molecule has 0 fully saturated rings. The van der Waals surface area contributed by atoms with E-state index in [1.165, 1.54) is 0 Å². The fourth-order valence-corrected chi connectivity index (χ4v) is 2.78. The summed E-state index contributed by atoms with van der Waals surface area (Å²) in [5.74, 6) is -0.406. The molecule has 0 aliphatic carbocycles. The summed E-state index contributed by atoms with van der Waals surface area (Å²) in [4.78, 5) is 28.8. The van der Waals surface area contributed by atoms with Crippen LogP contribution in [0.3, 0.4) is 0 Å². The van der Waals surface area contributed by atoms with E-state index in [1.807, 2.05) is 67.1 Å². The number of rotatable bonds is 7. The van der Waals surface area contributed by atoms with Crippen molar-refractivity contribution in [2.45, 2.75) is 26.5 Å². The maximum absolute atomic E-state index is 12.7. The van der Waals surface area contributed by atoms with Crippen molar-refractivity contribution in [1.82, 2.24) is 14.9 Å². The third kappa shape index (κ3) is 5.68. The number of carbonyl (C=O) groups is 2. The molecule has 0 unspecified atom stereocenters. The summed E-state index contributed by atoms with van der Waals surface area (Å²) < 4.78 is 7.10. The summed E-state index contributed by atoms with van der Waals surface area (Å²) in [7, 11) is 0. The van der Waals surface area contributed by atoms with E-state index < -0.39 is 12.1 Å². The SMILES string of the molecule is CC(C)[C@H](NC(=O)OCc1ccccc1)C(=O)Nc1ccc(-n2ccnc2)cc1. The molecule has 150 valence electrons. The summed E-state index contributed by atoms with van der Waals surface area (Å²) >= 11 is 0. The van der Waals surface area contributed by atoms with Crippen LogP contribution >= 0.6 is 0 Å². The Morgan fingerprint density at radius 3 is 2.41 bits per heavy atom. The van der Waals surface area contributed by atoms with E-state index in [0.717, 1.165) is 11.3 Å². The van der Waals surface area contributed by atoms with Crippen molar-refractivity contribution >= 4 is 17.7 Å². The first-order valence-corrected chi connectivity index (χ1v) is 9.39. The molecular weight excluding hydrogens is 368 g/mol. The highest BCUT2D eigenvalue weighted by Gasteiger charge is 2.25. The van der Waals surface area contributed by atoms with Gasteiger partial charge in [0.1, 0.15) is 12.6 Å². The van der Waals surface area contributed by atoms with Crippen LogP contribution in [-0.4, -0.2) is 27.6 Å². The number of amides is 2. The number of alkyl carbamates (subject to hydrolysis) is 1. The van der Waals surface area contributed by atoms with Crippen LogP contribution in [0.2, 0.25) is 0 Å². The molecule has 0 radical (unpaired) electrons. The first kappa shape index (κ1) is 20.1. The van der Waals surface area contributed by atoms with Crippen LogP contribution in [0.25, 0.3) is 5.69 Å². The summed E-state index contributed by atoms with van der Waals surface area (Å²) in [5, 5.41) is 5.50. The lowest BCUT2D eigenvalue weighted by atomic mass is 10.0. The molecule has 2 amide bonds. The zero-order valence-electron chi connectivity index (χ0n) is 16.4. The van der Waals surface area contributed by atoms with Crippen LogP contribution in [0.4, 0.5) is 10.5 Å². The Bertz CT molecular complexity index is 922. The van der Waals surface area contributed by atoms with Gasteiger partial charge < -0.3 is 19.9 Å². The Morgan fingerprint density at radius 2 is 1.79 bits per heavy atom. The van der Waals surface area contributed by atoms with Crippen molar-refractivity contribution in [2.24, 2.45) is 5.92 Å². The Labute approximate surface area is 169 Å². The lowest BCUT2D eigenvalue weighted by molar-refractivity contribution is -0.119. The number of aromatic nitrogens is 2. The number of benzene rings is 2. The Balaban J connectivity index is 1.56. The van der Waals surface area contributed by atoms with E-state index in [0.29, 0.717) is 5.69 Å². The summed E-state index contributed by atoms with van der Waals surface area (Å²) in [6, 6.07) is 16.0. The first-order chi connectivity index (χ1) is 14.0. The molecule has 0 saturated heterocycles. The van der Waals surface area contributed by atoms with Gasteiger partial charge in [-0.15, -0.1) is 0 Å². The van der Waals surface area contributed by atoms with Crippen molar-refractivity contribution < 1.29 is 14.3 Å². The monoisotopic (exact) mass is 392 g/mol. The fraction of sp³-hybridized carbons (Fsp3) is 0.227. The van der Waals surface area contributed by atoms with Gasteiger partial charge in [0, 0.05) is 23.8 Å². The maximum Gasteiger partial charge on any atom is 0.408 e. The molecule has 3 rings (SSSR count). The molecule has 0 aliphatic rings. The van der Waals surface area contributed by atoms with Gasteiger partial charge in [0.05, 0.1) is 6.33 Å². The van der Waals surface area contributed by atoms with Gasteiger partial charge in [-0.2, -0.15) is 0 Å². The number of nitrogens with one attached hydrogen (secondary N) is 2. The molecule has 3 aromatic rings. The second kappa shape index (κ2) is 9.54. The topological polar surface area (TPSA) is 85.2 Å². The predicted octanol–water partition coefficient (Wildman–Crippen LogP) is 3.76. The van der Waals surface area contributed by atoms with Gasteiger partial charge >= 0.3 is 6.09 Å². The largest absolute Gasteiger partial charge is 0.445 e. The molecule has 7 heteroatoms. The Morgan fingerprint density at radius 1 is 1.07 bits per heavy atom. The molecule has 2 aromatic carbocycles. The van der Waals surface area contributed by atoms with Gasteiger partial charge in [-0.3, -0.25) is 4.79 Å². The van der Waals surface area contributed by atoms with Gasteiger partial charge in [-0.25, -0.2) is 9.78 Å². The summed E-state index contributed by atoms with van der Waals surface area (Å²) in [5.41, 5.74) is 2.46. The second-order valence-corrected chi connectivity index (χ2v) is 6.93. The van der Waals surface area contributed by atoms with Gasteiger partial charge in [0.15, 0.2) is 0 Å². The van der Waals surface area contributed by atoms with Crippen molar-refractivity contribution in [2.75, 3.05) is 5.32 Å². The molecule has 29 heavy (non-hydrogen) atoms. The number of nitrogens with zero attached hydrogens (tertiary/aromatic N) is 2. The first-order valence-electron chi connectivity index (χ1n) is 9.39. The van der Waals surface area contributed by atoms with Gasteiger partial charge in [0.2, 0.25) is 5.91 Å².